The monoisotopic (exact) mass is 256 g/mol. The molecule has 1 fully saturated rings. The minimum Gasteiger partial charge on any atom is -0.380 e. The first-order valence-corrected chi connectivity index (χ1v) is 6.77. The average Bonchev–Trinajstić information content (AvgIpc) is 2.41. The molecule has 0 radical (unpaired) electrons. The summed E-state index contributed by atoms with van der Waals surface area (Å²) in [5.41, 5.74) is 0. The molecule has 1 N–H and O–H groups in total. The molecule has 0 aliphatic carbocycles. The lowest BCUT2D eigenvalue weighted by molar-refractivity contribution is -0.135. The Balaban J connectivity index is 2.70. The van der Waals surface area contributed by atoms with Gasteiger partial charge in [-0.1, -0.05) is 13.3 Å². The topological polar surface area (TPSA) is 58.6 Å². The van der Waals surface area contributed by atoms with E-state index in [4.69, 9.17) is 4.74 Å². The molecule has 0 spiro atoms. The molecule has 1 aliphatic heterocycles. The van der Waals surface area contributed by atoms with E-state index in [1.165, 1.54) is 0 Å². The second-order valence-corrected chi connectivity index (χ2v) is 4.69. The van der Waals surface area contributed by atoms with Crippen molar-refractivity contribution in [1.82, 2.24) is 10.2 Å². The fourth-order valence-electron chi connectivity index (χ4n) is 2.23. The lowest BCUT2D eigenvalue weighted by Gasteiger charge is -2.28. The summed E-state index contributed by atoms with van der Waals surface area (Å²) in [7, 11) is 0. The quantitative estimate of drug-likeness (QED) is 0.719. The van der Waals surface area contributed by atoms with Gasteiger partial charge in [0.2, 0.25) is 11.8 Å². The van der Waals surface area contributed by atoms with Gasteiger partial charge in [-0.2, -0.15) is 0 Å². The van der Waals surface area contributed by atoms with Gasteiger partial charge in [0.05, 0.1) is 6.61 Å². The minimum atomic E-state index is -0.367. The highest BCUT2D eigenvalue weighted by atomic mass is 16.5. The van der Waals surface area contributed by atoms with Crippen LogP contribution in [0.5, 0.6) is 0 Å². The third kappa shape index (κ3) is 3.98. The van der Waals surface area contributed by atoms with E-state index in [0.717, 1.165) is 6.42 Å². The first-order chi connectivity index (χ1) is 8.60. The van der Waals surface area contributed by atoms with Gasteiger partial charge in [-0.05, 0) is 20.3 Å². The normalized spacial score (nSPS) is 24.9. The number of amides is 2. The molecule has 1 aliphatic rings. The Bertz CT molecular complexity index is 294. The number of rotatable bonds is 6. The fraction of sp³-hybridized carbons (Fsp3) is 0.846. The van der Waals surface area contributed by atoms with Crippen LogP contribution in [0.1, 0.15) is 40.0 Å². The molecule has 1 saturated heterocycles. The second kappa shape index (κ2) is 7.36. The zero-order chi connectivity index (χ0) is 13.5. The van der Waals surface area contributed by atoms with Gasteiger partial charge in [0.25, 0.3) is 0 Å². The highest BCUT2D eigenvalue weighted by molar-refractivity contribution is 5.90. The summed E-state index contributed by atoms with van der Waals surface area (Å²) in [6, 6.07) is -0.422. The third-order valence-electron chi connectivity index (χ3n) is 3.19. The van der Waals surface area contributed by atoms with Gasteiger partial charge >= 0.3 is 0 Å². The second-order valence-electron chi connectivity index (χ2n) is 4.69. The van der Waals surface area contributed by atoms with Gasteiger partial charge in [0, 0.05) is 25.6 Å². The van der Waals surface area contributed by atoms with E-state index < -0.39 is 0 Å². The van der Waals surface area contributed by atoms with E-state index in [2.05, 4.69) is 5.32 Å². The number of nitrogens with one attached hydrogen (secondary N) is 1. The summed E-state index contributed by atoms with van der Waals surface area (Å²) in [6.45, 7) is 7.59. The summed E-state index contributed by atoms with van der Waals surface area (Å²) in [5, 5.41) is 2.81. The molecule has 2 unspecified atom stereocenters. The largest absolute Gasteiger partial charge is 0.380 e. The predicted octanol–water partition coefficient (Wildman–Crippen LogP) is 0.929. The Labute approximate surface area is 109 Å². The van der Waals surface area contributed by atoms with Crippen molar-refractivity contribution in [3.8, 4) is 0 Å². The van der Waals surface area contributed by atoms with Gasteiger partial charge < -0.3 is 15.0 Å². The lowest BCUT2D eigenvalue weighted by Crippen LogP contribution is -2.47. The van der Waals surface area contributed by atoms with Gasteiger partial charge in [0.1, 0.15) is 6.04 Å². The van der Waals surface area contributed by atoms with Crippen molar-refractivity contribution in [2.24, 2.45) is 0 Å². The maximum absolute atomic E-state index is 12.3. The molecule has 0 aromatic rings. The van der Waals surface area contributed by atoms with Gasteiger partial charge in [0.15, 0.2) is 0 Å². The molecule has 104 valence electrons. The third-order valence-corrected chi connectivity index (χ3v) is 3.19. The Hall–Kier alpha value is -1.10. The van der Waals surface area contributed by atoms with E-state index in [1.54, 1.807) is 4.90 Å². The number of hydrogen-bond acceptors (Lipinski definition) is 3. The van der Waals surface area contributed by atoms with Crippen LogP contribution in [0.2, 0.25) is 0 Å². The van der Waals surface area contributed by atoms with E-state index >= 15 is 0 Å². The molecule has 2 atom stereocenters. The van der Waals surface area contributed by atoms with Crippen LogP contribution in [0, 0.1) is 0 Å². The fourth-order valence-corrected chi connectivity index (χ4v) is 2.23. The molecule has 1 heterocycles. The highest BCUT2D eigenvalue weighted by Crippen LogP contribution is 2.13. The lowest BCUT2D eigenvalue weighted by atomic mass is 10.1. The summed E-state index contributed by atoms with van der Waals surface area (Å²) in [5.74, 6) is -0.0110. The Kier molecular flexibility index (Phi) is 6.12. The molecule has 0 saturated carbocycles. The summed E-state index contributed by atoms with van der Waals surface area (Å²) in [4.78, 5) is 25.8. The van der Waals surface area contributed by atoms with Crippen LogP contribution in [-0.4, -0.2) is 48.6 Å². The highest BCUT2D eigenvalue weighted by Gasteiger charge is 2.32. The zero-order valence-corrected chi connectivity index (χ0v) is 11.6. The standard InChI is InChI=1S/C13H24N2O3/c1-4-6-11-13(17)15(7-8-18-5-2)10(3)9-12(16)14-11/h10-11H,4-9H2,1-3H3,(H,14,16). The van der Waals surface area contributed by atoms with E-state index in [-0.39, 0.29) is 23.9 Å². The number of carbonyl (C=O) groups excluding carboxylic acids is 2. The SMILES string of the molecule is CCCC1NC(=O)CC(C)N(CCOCC)C1=O. The van der Waals surface area contributed by atoms with Crippen molar-refractivity contribution in [3.05, 3.63) is 0 Å². The number of nitrogens with zero attached hydrogens (tertiary/aromatic N) is 1. The molecular formula is C13H24N2O3. The van der Waals surface area contributed by atoms with Crippen LogP contribution in [0.25, 0.3) is 0 Å². The first kappa shape index (κ1) is 15.0. The maximum Gasteiger partial charge on any atom is 0.245 e. The van der Waals surface area contributed by atoms with Crippen LogP contribution in [0.15, 0.2) is 0 Å². The Morgan fingerprint density at radius 1 is 1.39 bits per heavy atom. The van der Waals surface area contributed by atoms with Crippen molar-refractivity contribution < 1.29 is 14.3 Å². The van der Waals surface area contributed by atoms with E-state index in [0.29, 0.717) is 32.6 Å². The van der Waals surface area contributed by atoms with Crippen LogP contribution in [0.4, 0.5) is 0 Å². The number of hydrogen-bond donors (Lipinski definition) is 1. The molecular weight excluding hydrogens is 232 g/mol. The molecule has 0 aromatic heterocycles. The summed E-state index contributed by atoms with van der Waals surface area (Å²) < 4.78 is 5.30. The first-order valence-electron chi connectivity index (χ1n) is 6.77. The molecule has 0 aromatic carbocycles. The smallest absolute Gasteiger partial charge is 0.245 e. The van der Waals surface area contributed by atoms with Crippen LogP contribution >= 0.6 is 0 Å². The minimum absolute atomic E-state index is 0.0231. The molecule has 18 heavy (non-hydrogen) atoms. The summed E-state index contributed by atoms with van der Waals surface area (Å²) >= 11 is 0. The van der Waals surface area contributed by atoms with E-state index in [1.807, 2.05) is 20.8 Å². The van der Waals surface area contributed by atoms with Gasteiger partial charge in [-0.3, -0.25) is 9.59 Å². The maximum atomic E-state index is 12.3. The number of carbonyl (C=O) groups is 2. The van der Waals surface area contributed by atoms with Crippen molar-refractivity contribution in [2.45, 2.75) is 52.1 Å². The van der Waals surface area contributed by atoms with Crippen molar-refractivity contribution in [2.75, 3.05) is 19.8 Å². The zero-order valence-electron chi connectivity index (χ0n) is 11.6. The van der Waals surface area contributed by atoms with Crippen LogP contribution in [-0.2, 0) is 14.3 Å². The van der Waals surface area contributed by atoms with Gasteiger partial charge in [-0.25, -0.2) is 0 Å². The van der Waals surface area contributed by atoms with Crippen LogP contribution < -0.4 is 5.32 Å². The van der Waals surface area contributed by atoms with Crippen LogP contribution in [0.3, 0.4) is 0 Å². The molecule has 1 rings (SSSR count). The predicted molar refractivity (Wildman–Crippen MR) is 69.1 cm³/mol. The van der Waals surface area contributed by atoms with Crippen molar-refractivity contribution in [1.29, 1.82) is 0 Å². The van der Waals surface area contributed by atoms with Crippen molar-refractivity contribution in [3.63, 3.8) is 0 Å². The Morgan fingerprint density at radius 3 is 2.72 bits per heavy atom. The van der Waals surface area contributed by atoms with Gasteiger partial charge in [-0.15, -0.1) is 0 Å². The summed E-state index contributed by atoms with van der Waals surface area (Å²) in [6.07, 6.45) is 1.95. The Morgan fingerprint density at radius 2 is 2.11 bits per heavy atom. The van der Waals surface area contributed by atoms with Crippen molar-refractivity contribution >= 4 is 11.8 Å². The average molecular weight is 256 g/mol. The molecule has 0 bridgehead atoms. The molecule has 5 heteroatoms. The van der Waals surface area contributed by atoms with E-state index in [9.17, 15) is 9.59 Å². The molecule has 2 amide bonds. The molecule has 5 nitrogen and oxygen atoms in total. The number of ether oxygens (including phenoxy) is 1.